The van der Waals surface area contributed by atoms with Crippen molar-refractivity contribution < 1.29 is 4.39 Å². The zero-order valence-corrected chi connectivity index (χ0v) is 11.4. The van der Waals surface area contributed by atoms with Crippen LogP contribution < -0.4 is 5.32 Å². The van der Waals surface area contributed by atoms with Gasteiger partial charge in [-0.05, 0) is 61.9 Å². The van der Waals surface area contributed by atoms with Crippen molar-refractivity contribution in [1.29, 1.82) is 0 Å². The Balaban J connectivity index is 1.64. The number of likely N-dealkylation sites (tertiary alicyclic amines) is 1. The molecule has 3 aliphatic rings. The lowest BCUT2D eigenvalue weighted by molar-refractivity contribution is 0.170. The molecular weight excluding hydrogens is 239 g/mol. The highest BCUT2D eigenvalue weighted by Gasteiger charge is 2.45. The van der Waals surface area contributed by atoms with Crippen LogP contribution in [0.3, 0.4) is 0 Å². The lowest BCUT2D eigenvalue weighted by Gasteiger charge is -2.31. The Labute approximate surface area is 114 Å². The van der Waals surface area contributed by atoms with Gasteiger partial charge in [0.05, 0.1) is 0 Å². The van der Waals surface area contributed by atoms with Crippen molar-refractivity contribution in [2.45, 2.75) is 31.8 Å². The molecule has 3 heteroatoms. The number of rotatable bonds is 1. The van der Waals surface area contributed by atoms with Gasteiger partial charge in [0.15, 0.2) is 0 Å². The maximum absolute atomic E-state index is 13.9. The standard InChI is InChI=1S/C16H21FN2/c1-10-14-8-18-7-11(14)9-19(10)16-6-5-12-13(16)3-2-4-15(12)17/h2-4,10-11,14,16,18H,5-9H2,1H3. The first-order valence-electron chi connectivity index (χ1n) is 7.49. The Hall–Kier alpha value is -0.930. The average Bonchev–Trinajstić information content (AvgIpc) is 3.06. The van der Waals surface area contributed by atoms with Gasteiger partial charge in [0.2, 0.25) is 0 Å². The number of halogens is 1. The molecule has 0 amide bonds. The van der Waals surface area contributed by atoms with Gasteiger partial charge in [0, 0.05) is 18.6 Å². The Morgan fingerprint density at radius 1 is 1.32 bits per heavy atom. The molecule has 0 spiro atoms. The molecule has 0 aromatic heterocycles. The summed E-state index contributed by atoms with van der Waals surface area (Å²) < 4.78 is 13.9. The van der Waals surface area contributed by atoms with E-state index in [0.717, 1.165) is 43.3 Å². The number of benzene rings is 1. The second-order valence-corrected chi connectivity index (χ2v) is 6.38. The van der Waals surface area contributed by atoms with Gasteiger partial charge in [0.25, 0.3) is 0 Å². The molecule has 2 heterocycles. The molecule has 2 aliphatic heterocycles. The highest BCUT2D eigenvalue weighted by molar-refractivity contribution is 5.36. The van der Waals surface area contributed by atoms with Gasteiger partial charge in [0.1, 0.15) is 5.82 Å². The van der Waals surface area contributed by atoms with E-state index in [-0.39, 0.29) is 5.82 Å². The van der Waals surface area contributed by atoms with Crippen LogP contribution in [-0.2, 0) is 6.42 Å². The fourth-order valence-electron chi connectivity index (χ4n) is 4.54. The summed E-state index contributed by atoms with van der Waals surface area (Å²) in [6.45, 7) is 5.85. The van der Waals surface area contributed by atoms with Crippen molar-refractivity contribution in [2.24, 2.45) is 11.8 Å². The number of nitrogens with zero attached hydrogens (tertiary/aromatic N) is 1. The summed E-state index contributed by atoms with van der Waals surface area (Å²) >= 11 is 0. The first-order valence-corrected chi connectivity index (χ1v) is 7.49. The molecule has 1 N–H and O–H groups in total. The van der Waals surface area contributed by atoms with E-state index in [4.69, 9.17) is 0 Å². The lowest BCUT2D eigenvalue weighted by atomic mass is 9.95. The van der Waals surface area contributed by atoms with E-state index in [1.54, 1.807) is 6.07 Å². The smallest absolute Gasteiger partial charge is 0.126 e. The van der Waals surface area contributed by atoms with Crippen LogP contribution in [0.15, 0.2) is 18.2 Å². The summed E-state index contributed by atoms with van der Waals surface area (Å²) in [5, 5.41) is 3.51. The zero-order valence-electron chi connectivity index (χ0n) is 11.4. The topological polar surface area (TPSA) is 15.3 Å². The first-order chi connectivity index (χ1) is 9.25. The highest BCUT2D eigenvalue weighted by Crippen LogP contribution is 2.43. The quantitative estimate of drug-likeness (QED) is 0.834. The van der Waals surface area contributed by atoms with E-state index >= 15 is 0 Å². The van der Waals surface area contributed by atoms with E-state index in [1.165, 1.54) is 12.1 Å². The van der Waals surface area contributed by atoms with Crippen LogP contribution >= 0.6 is 0 Å². The Bertz CT molecular complexity index is 502. The van der Waals surface area contributed by atoms with Crippen molar-refractivity contribution in [1.82, 2.24) is 10.2 Å². The van der Waals surface area contributed by atoms with Gasteiger partial charge < -0.3 is 5.32 Å². The third-order valence-corrected chi connectivity index (χ3v) is 5.56. The van der Waals surface area contributed by atoms with Crippen LogP contribution in [-0.4, -0.2) is 30.6 Å². The third kappa shape index (κ3) is 1.68. The van der Waals surface area contributed by atoms with E-state index < -0.39 is 0 Å². The fourth-order valence-corrected chi connectivity index (χ4v) is 4.54. The van der Waals surface area contributed by atoms with Gasteiger partial charge in [-0.25, -0.2) is 4.39 Å². The van der Waals surface area contributed by atoms with Crippen molar-refractivity contribution in [3.8, 4) is 0 Å². The second kappa shape index (κ2) is 4.29. The molecule has 4 rings (SSSR count). The van der Waals surface area contributed by atoms with Gasteiger partial charge in [-0.3, -0.25) is 4.90 Å². The van der Waals surface area contributed by atoms with Crippen LogP contribution in [0.2, 0.25) is 0 Å². The van der Waals surface area contributed by atoms with Crippen molar-refractivity contribution in [3.05, 3.63) is 35.1 Å². The predicted octanol–water partition coefficient (Wildman–Crippen LogP) is 2.35. The SMILES string of the molecule is CC1C2CNCC2CN1C1CCc2c(F)cccc21. The minimum atomic E-state index is -0.00582. The summed E-state index contributed by atoms with van der Waals surface area (Å²) in [5.41, 5.74) is 2.22. The molecule has 2 saturated heterocycles. The third-order valence-electron chi connectivity index (χ3n) is 5.56. The second-order valence-electron chi connectivity index (χ2n) is 6.38. The summed E-state index contributed by atoms with van der Waals surface area (Å²) in [7, 11) is 0. The maximum Gasteiger partial charge on any atom is 0.126 e. The molecule has 1 aliphatic carbocycles. The minimum absolute atomic E-state index is 0.00582. The Morgan fingerprint density at radius 2 is 2.21 bits per heavy atom. The molecule has 0 bridgehead atoms. The Kier molecular flexibility index (Phi) is 2.68. The molecule has 102 valence electrons. The van der Waals surface area contributed by atoms with Crippen molar-refractivity contribution in [3.63, 3.8) is 0 Å². The predicted molar refractivity (Wildman–Crippen MR) is 73.5 cm³/mol. The normalized spacial score (nSPS) is 37.6. The molecule has 1 aromatic rings. The van der Waals surface area contributed by atoms with E-state index in [9.17, 15) is 4.39 Å². The van der Waals surface area contributed by atoms with Gasteiger partial charge >= 0.3 is 0 Å². The maximum atomic E-state index is 13.9. The molecule has 2 fully saturated rings. The van der Waals surface area contributed by atoms with Crippen LogP contribution in [0.5, 0.6) is 0 Å². The number of fused-ring (bicyclic) bond motifs is 2. The molecule has 1 aromatic carbocycles. The van der Waals surface area contributed by atoms with Crippen LogP contribution in [0, 0.1) is 17.7 Å². The lowest BCUT2D eigenvalue weighted by Crippen LogP contribution is -2.35. The molecule has 0 saturated carbocycles. The van der Waals surface area contributed by atoms with Gasteiger partial charge in [-0.15, -0.1) is 0 Å². The monoisotopic (exact) mass is 260 g/mol. The van der Waals surface area contributed by atoms with Crippen LogP contribution in [0.25, 0.3) is 0 Å². The van der Waals surface area contributed by atoms with E-state index in [2.05, 4.69) is 23.2 Å². The van der Waals surface area contributed by atoms with Crippen LogP contribution in [0.1, 0.15) is 30.5 Å². The minimum Gasteiger partial charge on any atom is -0.316 e. The zero-order chi connectivity index (χ0) is 13.0. The molecule has 0 radical (unpaired) electrons. The average molecular weight is 260 g/mol. The summed E-state index contributed by atoms with van der Waals surface area (Å²) in [4.78, 5) is 2.64. The number of hydrogen-bond donors (Lipinski definition) is 1. The van der Waals surface area contributed by atoms with Crippen LogP contribution in [0.4, 0.5) is 4.39 Å². The molecule has 2 nitrogen and oxygen atoms in total. The van der Waals surface area contributed by atoms with Crippen molar-refractivity contribution >= 4 is 0 Å². The summed E-state index contributed by atoms with van der Waals surface area (Å²) in [6, 6.07) is 6.68. The Morgan fingerprint density at radius 3 is 3.05 bits per heavy atom. The molecule has 19 heavy (non-hydrogen) atoms. The molecule has 4 atom stereocenters. The van der Waals surface area contributed by atoms with E-state index in [0.29, 0.717) is 12.1 Å². The number of hydrogen-bond acceptors (Lipinski definition) is 2. The largest absolute Gasteiger partial charge is 0.316 e. The van der Waals surface area contributed by atoms with E-state index in [1.807, 2.05) is 6.07 Å². The fraction of sp³-hybridized carbons (Fsp3) is 0.625. The summed E-state index contributed by atoms with van der Waals surface area (Å²) in [6.07, 6.45) is 2.00. The van der Waals surface area contributed by atoms with Gasteiger partial charge in [-0.1, -0.05) is 12.1 Å². The van der Waals surface area contributed by atoms with Crippen molar-refractivity contribution in [2.75, 3.05) is 19.6 Å². The first kappa shape index (κ1) is 11.9. The summed E-state index contributed by atoms with van der Waals surface area (Å²) in [5.74, 6) is 1.58. The molecular formula is C16H21FN2. The van der Waals surface area contributed by atoms with Gasteiger partial charge in [-0.2, -0.15) is 0 Å². The molecule has 4 unspecified atom stereocenters. The highest BCUT2D eigenvalue weighted by atomic mass is 19.1. The number of nitrogens with one attached hydrogen (secondary N) is 1.